The maximum absolute atomic E-state index is 12.2. The number of hydrogen-bond acceptors (Lipinski definition) is 4. The Morgan fingerprint density at radius 3 is 2.53 bits per heavy atom. The van der Waals surface area contributed by atoms with Crippen molar-refractivity contribution in [1.29, 1.82) is 0 Å². The Hall–Kier alpha value is -0.890. The first-order chi connectivity index (χ1) is 8.87. The van der Waals surface area contributed by atoms with Gasteiger partial charge in [-0.3, -0.25) is 4.72 Å². The zero-order chi connectivity index (χ0) is 14.0. The molecule has 1 aliphatic heterocycles. The number of nitrogens with one attached hydrogen (secondary N) is 1. The topological polar surface area (TPSA) is 71.5 Å². The number of nitrogens with zero attached hydrogens (tertiary/aromatic N) is 2. The molecule has 8 heteroatoms. The Labute approximate surface area is 117 Å². The van der Waals surface area contributed by atoms with Gasteiger partial charge in [0.25, 0.3) is 0 Å². The summed E-state index contributed by atoms with van der Waals surface area (Å²) >= 11 is 5.65. The van der Waals surface area contributed by atoms with Gasteiger partial charge in [-0.2, -0.15) is 12.7 Å². The third kappa shape index (κ3) is 3.79. The Balaban J connectivity index is 2.11. The molecule has 1 N–H and O–H groups in total. The number of aromatic nitrogens is 1. The van der Waals surface area contributed by atoms with Crippen LogP contribution in [0, 0.1) is 0 Å². The van der Waals surface area contributed by atoms with Gasteiger partial charge in [-0.05, 0) is 26.0 Å². The van der Waals surface area contributed by atoms with Crippen molar-refractivity contribution in [1.82, 2.24) is 9.29 Å². The molecule has 2 heterocycles. The minimum Gasteiger partial charge on any atom is -0.373 e. The van der Waals surface area contributed by atoms with E-state index in [0.717, 1.165) is 0 Å². The first-order valence-electron chi connectivity index (χ1n) is 5.92. The minimum absolute atomic E-state index is 0.122. The summed E-state index contributed by atoms with van der Waals surface area (Å²) in [6, 6.07) is 3.10. The van der Waals surface area contributed by atoms with Crippen molar-refractivity contribution in [2.45, 2.75) is 26.1 Å². The highest BCUT2D eigenvalue weighted by atomic mass is 35.5. The van der Waals surface area contributed by atoms with Crippen LogP contribution in [0.25, 0.3) is 0 Å². The third-order valence-electron chi connectivity index (χ3n) is 2.70. The lowest BCUT2D eigenvalue weighted by molar-refractivity contribution is -0.0439. The molecular weight excluding hydrogens is 290 g/mol. The number of morpholine rings is 1. The molecule has 0 bridgehead atoms. The van der Waals surface area contributed by atoms with E-state index in [1.165, 1.54) is 16.6 Å². The van der Waals surface area contributed by atoms with Crippen molar-refractivity contribution in [3.8, 4) is 0 Å². The molecule has 106 valence electrons. The van der Waals surface area contributed by atoms with E-state index in [1.807, 2.05) is 13.8 Å². The molecule has 0 aromatic carbocycles. The highest BCUT2D eigenvalue weighted by molar-refractivity contribution is 7.90. The van der Waals surface area contributed by atoms with Gasteiger partial charge in [-0.25, -0.2) is 4.98 Å². The van der Waals surface area contributed by atoms with Gasteiger partial charge in [0.05, 0.1) is 24.1 Å². The zero-order valence-corrected chi connectivity index (χ0v) is 12.3. The summed E-state index contributed by atoms with van der Waals surface area (Å²) in [5.41, 5.74) is 0.385. The standard InChI is InChI=1S/C11H16ClN3O3S/c1-8-6-15(7-9(2)18-8)19(16,17)14-10-3-4-11(12)13-5-10/h3-5,8-9,14H,6-7H2,1-2H3. The van der Waals surface area contributed by atoms with E-state index in [2.05, 4.69) is 9.71 Å². The van der Waals surface area contributed by atoms with Gasteiger partial charge in [0, 0.05) is 13.1 Å². The second kappa shape index (κ2) is 5.62. The number of ether oxygens (including phenoxy) is 1. The summed E-state index contributed by atoms with van der Waals surface area (Å²) in [6.45, 7) is 4.37. The molecule has 0 radical (unpaired) electrons. The van der Waals surface area contributed by atoms with E-state index in [0.29, 0.717) is 23.9 Å². The average molecular weight is 306 g/mol. The van der Waals surface area contributed by atoms with Crippen LogP contribution in [0.3, 0.4) is 0 Å². The van der Waals surface area contributed by atoms with Gasteiger partial charge in [0.1, 0.15) is 5.15 Å². The first kappa shape index (κ1) is 14.5. The van der Waals surface area contributed by atoms with Gasteiger partial charge >= 0.3 is 10.2 Å². The second-order valence-corrected chi connectivity index (χ2v) is 6.61. The average Bonchev–Trinajstić information content (AvgIpc) is 2.31. The fourth-order valence-electron chi connectivity index (χ4n) is 1.98. The fraction of sp³-hybridized carbons (Fsp3) is 0.545. The maximum Gasteiger partial charge on any atom is 0.301 e. The van der Waals surface area contributed by atoms with E-state index in [4.69, 9.17) is 16.3 Å². The van der Waals surface area contributed by atoms with Gasteiger partial charge < -0.3 is 4.74 Å². The highest BCUT2D eigenvalue weighted by Crippen LogP contribution is 2.17. The molecule has 1 aliphatic rings. The van der Waals surface area contributed by atoms with Crippen LogP contribution >= 0.6 is 11.6 Å². The molecule has 1 saturated heterocycles. The van der Waals surface area contributed by atoms with Gasteiger partial charge in [-0.1, -0.05) is 11.6 Å². The molecule has 6 nitrogen and oxygen atoms in total. The Morgan fingerprint density at radius 2 is 2.00 bits per heavy atom. The van der Waals surface area contributed by atoms with E-state index in [9.17, 15) is 8.42 Å². The zero-order valence-electron chi connectivity index (χ0n) is 10.7. The van der Waals surface area contributed by atoms with Crippen LogP contribution in [0.15, 0.2) is 18.3 Å². The van der Waals surface area contributed by atoms with E-state index >= 15 is 0 Å². The first-order valence-corrected chi connectivity index (χ1v) is 7.73. The Bertz CT molecular complexity index is 525. The van der Waals surface area contributed by atoms with Crippen LogP contribution in [0.2, 0.25) is 5.15 Å². The summed E-state index contributed by atoms with van der Waals surface area (Å²) in [5, 5.41) is 0.316. The summed E-state index contributed by atoms with van der Waals surface area (Å²) in [7, 11) is -3.59. The van der Waals surface area contributed by atoms with E-state index in [-0.39, 0.29) is 12.2 Å². The lowest BCUT2D eigenvalue weighted by Crippen LogP contribution is -2.49. The van der Waals surface area contributed by atoms with Crippen molar-refractivity contribution >= 4 is 27.5 Å². The van der Waals surface area contributed by atoms with Gasteiger partial charge in [0.15, 0.2) is 0 Å². The molecule has 0 spiro atoms. The Kier molecular flexibility index (Phi) is 4.29. The van der Waals surface area contributed by atoms with Crippen molar-refractivity contribution in [3.05, 3.63) is 23.5 Å². The summed E-state index contributed by atoms with van der Waals surface area (Å²) in [4.78, 5) is 3.83. The van der Waals surface area contributed by atoms with Crippen LogP contribution < -0.4 is 4.72 Å². The van der Waals surface area contributed by atoms with Gasteiger partial charge in [0.2, 0.25) is 0 Å². The molecule has 1 fully saturated rings. The molecule has 1 aromatic heterocycles. The number of pyridine rings is 1. The lowest BCUT2D eigenvalue weighted by atomic mass is 10.3. The van der Waals surface area contributed by atoms with E-state index in [1.54, 1.807) is 6.07 Å². The lowest BCUT2D eigenvalue weighted by Gasteiger charge is -2.34. The smallest absolute Gasteiger partial charge is 0.301 e. The normalized spacial score (nSPS) is 25.2. The SMILES string of the molecule is CC1CN(S(=O)(=O)Nc2ccc(Cl)nc2)CC(C)O1. The van der Waals surface area contributed by atoms with Crippen LogP contribution in [0.1, 0.15) is 13.8 Å². The van der Waals surface area contributed by atoms with Crippen LogP contribution in [-0.2, 0) is 14.9 Å². The minimum atomic E-state index is -3.59. The number of hydrogen-bond donors (Lipinski definition) is 1. The van der Waals surface area contributed by atoms with E-state index < -0.39 is 10.2 Å². The fourth-order valence-corrected chi connectivity index (χ4v) is 3.45. The third-order valence-corrected chi connectivity index (χ3v) is 4.40. The molecule has 2 atom stereocenters. The molecule has 19 heavy (non-hydrogen) atoms. The molecule has 0 aliphatic carbocycles. The molecule has 2 unspecified atom stereocenters. The number of rotatable bonds is 3. The van der Waals surface area contributed by atoms with Gasteiger partial charge in [-0.15, -0.1) is 0 Å². The van der Waals surface area contributed by atoms with Crippen LogP contribution in [-0.4, -0.2) is 43.0 Å². The summed E-state index contributed by atoms with van der Waals surface area (Å²) < 4.78 is 33.8. The van der Waals surface area contributed by atoms with Crippen molar-refractivity contribution in [3.63, 3.8) is 0 Å². The predicted molar refractivity (Wildman–Crippen MR) is 73.4 cm³/mol. The van der Waals surface area contributed by atoms with Crippen molar-refractivity contribution in [2.75, 3.05) is 17.8 Å². The number of anilines is 1. The largest absolute Gasteiger partial charge is 0.373 e. The van der Waals surface area contributed by atoms with Crippen molar-refractivity contribution in [2.24, 2.45) is 0 Å². The highest BCUT2D eigenvalue weighted by Gasteiger charge is 2.30. The summed E-state index contributed by atoms with van der Waals surface area (Å²) in [6.07, 6.45) is 1.14. The molecule has 1 aromatic rings. The maximum atomic E-state index is 12.2. The second-order valence-electron chi connectivity index (χ2n) is 4.55. The van der Waals surface area contributed by atoms with Crippen molar-refractivity contribution < 1.29 is 13.2 Å². The predicted octanol–water partition coefficient (Wildman–Crippen LogP) is 1.50. The quantitative estimate of drug-likeness (QED) is 0.859. The molecule has 0 saturated carbocycles. The molecule has 2 rings (SSSR count). The molecule has 0 amide bonds. The summed E-state index contributed by atoms with van der Waals surface area (Å²) in [5.74, 6) is 0. The monoisotopic (exact) mass is 305 g/mol. The van der Waals surface area contributed by atoms with Crippen LogP contribution in [0.4, 0.5) is 5.69 Å². The number of halogens is 1. The Morgan fingerprint density at radius 1 is 1.37 bits per heavy atom. The molecular formula is C11H16ClN3O3S. The van der Waals surface area contributed by atoms with Crippen LogP contribution in [0.5, 0.6) is 0 Å².